The van der Waals surface area contributed by atoms with Crippen LogP contribution in [0.5, 0.6) is 0 Å². The summed E-state index contributed by atoms with van der Waals surface area (Å²) >= 11 is 1.37. The average molecular weight is 250 g/mol. The Bertz CT molecular complexity index is 563. The molecule has 0 unspecified atom stereocenters. The molecule has 0 bridgehead atoms. The van der Waals surface area contributed by atoms with Crippen LogP contribution in [0.2, 0.25) is 0 Å². The summed E-state index contributed by atoms with van der Waals surface area (Å²) in [5, 5.41) is 8.60. The monoisotopic (exact) mass is 250 g/mol. The summed E-state index contributed by atoms with van der Waals surface area (Å²) in [6, 6.07) is 6.02. The largest absolute Gasteiger partial charge is 0.481 e. The van der Waals surface area contributed by atoms with Gasteiger partial charge >= 0.3 is 5.97 Å². The first-order valence-electron chi connectivity index (χ1n) is 5.30. The molecule has 1 aromatic heterocycles. The zero-order valence-corrected chi connectivity index (χ0v) is 10.6. The van der Waals surface area contributed by atoms with Crippen molar-refractivity contribution in [1.29, 1.82) is 0 Å². The summed E-state index contributed by atoms with van der Waals surface area (Å²) < 4.78 is 2.04. The summed E-state index contributed by atoms with van der Waals surface area (Å²) in [6.07, 6.45) is 0. The number of thioether (sulfide) groups is 1. The molecule has 1 heterocycles. The van der Waals surface area contributed by atoms with Gasteiger partial charge in [0, 0.05) is 7.05 Å². The average Bonchev–Trinajstić information content (AvgIpc) is 2.57. The summed E-state index contributed by atoms with van der Waals surface area (Å²) in [4.78, 5) is 15.0. The minimum atomic E-state index is -0.787. The van der Waals surface area contributed by atoms with E-state index in [1.807, 2.05) is 23.7 Å². The van der Waals surface area contributed by atoms with E-state index in [0.29, 0.717) is 5.75 Å². The maximum Gasteiger partial charge on any atom is 0.313 e. The molecule has 0 aliphatic heterocycles. The normalized spacial score (nSPS) is 10.9. The molecule has 0 fully saturated rings. The summed E-state index contributed by atoms with van der Waals surface area (Å²) in [6.45, 7) is 2.05. The van der Waals surface area contributed by atoms with Gasteiger partial charge in [-0.2, -0.15) is 0 Å². The summed E-state index contributed by atoms with van der Waals surface area (Å²) in [5.74, 6) is 0.865. The molecule has 0 aliphatic rings. The molecule has 5 heteroatoms. The van der Waals surface area contributed by atoms with Crippen molar-refractivity contribution in [3.05, 3.63) is 29.6 Å². The maximum absolute atomic E-state index is 10.5. The van der Waals surface area contributed by atoms with E-state index in [4.69, 9.17) is 5.11 Å². The Morgan fingerprint density at radius 1 is 1.53 bits per heavy atom. The van der Waals surface area contributed by atoms with E-state index in [9.17, 15) is 4.79 Å². The molecule has 2 rings (SSSR count). The topological polar surface area (TPSA) is 55.1 Å². The van der Waals surface area contributed by atoms with Crippen molar-refractivity contribution in [1.82, 2.24) is 9.55 Å². The van der Waals surface area contributed by atoms with Crippen molar-refractivity contribution < 1.29 is 9.90 Å². The fourth-order valence-corrected chi connectivity index (χ4v) is 2.59. The number of carbonyl (C=O) groups is 1. The van der Waals surface area contributed by atoms with Gasteiger partial charge in [0.15, 0.2) is 0 Å². The SMILES string of the molecule is Cc1cccc2nc(CSCC(=O)O)n(C)c12. The standard InChI is InChI=1S/C12H14N2O2S/c1-8-4-3-5-9-12(8)14(2)10(13-9)6-17-7-11(15)16/h3-5H,6-7H2,1-2H3,(H,15,16). The van der Waals surface area contributed by atoms with Gasteiger partial charge in [-0.05, 0) is 18.6 Å². The zero-order chi connectivity index (χ0) is 12.4. The number of aliphatic carboxylic acids is 1. The predicted octanol–water partition coefficient (Wildman–Crippen LogP) is 2.20. The molecule has 4 nitrogen and oxygen atoms in total. The quantitative estimate of drug-likeness (QED) is 0.903. The molecule has 1 aromatic carbocycles. The van der Waals surface area contributed by atoms with Crippen LogP contribution in [0, 0.1) is 6.92 Å². The Labute approximate surface area is 104 Å². The Morgan fingerprint density at radius 3 is 2.94 bits per heavy atom. The van der Waals surface area contributed by atoms with Gasteiger partial charge in [0.2, 0.25) is 0 Å². The number of carboxylic acids is 1. The smallest absolute Gasteiger partial charge is 0.313 e. The van der Waals surface area contributed by atoms with Crippen LogP contribution < -0.4 is 0 Å². The molecule has 0 amide bonds. The minimum absolute atomic E-state index is 0.113. The van der Waals surface area contributed by atoms with Crippen LogP contribution in [0.4, 0.5) is 0 Å². The molecule has 0 saturated heterocycles. The number of rotatable bonds is 4. The van der Waals surface area contributed by atoms with Crippen LogP contribution in [-0.2, 0) is 17.6 Å². The molecular formula is C12H14N2O2S. The van der Waals surface area contributed by atoms with Crippen molar-refractivity contribution in [2.45, 2.75) is 12.7 Å². The van der Waals surface area contributed by atoms with Gasteiger partial charge in [-0.3, -0.25) is 4.79 Å². The molecule has 2 aromatic rings. The van der Waals surface area contributed by atoms with Gasteiger partial charge < -0.3 is 9.67 Å². The number of aromatic nitrogens is 2. The first-order chi connectivity index (χ1) is 8.09. The first-order valence-corrected chi connectivity index (χ1v) is 6.45. The fraction of sp³-hybridized carbons (Fsp3) is 0.333. The number of para-hydroxylation sites is 1. The van der Waals surface area contributed by atoms with Crippen molar-refractivity contribution in [3.8, 4) is 0 Å². The number of aryl methyl sites for hydroxylation is 2. The van der Waals surface area contributed by atoms with Gasteiger partial charge in [-0.1, -0.05) is 12.1 Å². The minimum Gasteiger partial charge on any atom is -0.481 e. The zero-order valence-electron chi connectivity index (χ0n) is 9.80. The Balaban J connectivity index is 2.27. The van der Waals surface area contributed by atoms with Gasteiger partial charge in [-0.25, -0.2) is 4.98 Å². The molecule has 0 saturated carbocycles. The first kappa shape index (κ1) is 12.0. The highest BCUT2D eigenvalue weighted by Crippen LogP contribution is 2.21. The fourth-order valence-electron chi connectivity index (χ4n) is 1.87. The third-order valence-electron chi connectivity index (χ3n) is 2.65. The van der Waals surface area contributed by atoms with Gasteiger partial charge in [0.25, 0.3) is 0 Å². The lowest BCUT2D eigenvalue weighted by Gasteiger charge is -2.02. The molecule has 17 heavy (non-hydrogen) atoms. The van der Waals surface area contributed by atoms with E-state index in [-0.39, 0.29) is 5.75 Å². The molecule has 0 atom stereocenters. The predicted molar refractivity (Wildman–Crippen MR) is 69.2 cm³/mol. The maximum atomic E-state index is 10.5. The van der Waals surface area contributed by atoms with E-state index in [1.54, 1.807) is 0 Å². The molecule has 90 valence electrons. The van der Waals surface area contributed by atoms with Crippen LogP contribution in [0.3, 0.4) is 0 Å². The summed E-state index contributed by atoms with van der Waals surface area (Å²) in [7, 11) is 1.97. The van der Waals surface area contributed by atoms with Crippen LogP contribution in [0.15, 0.2) is 18.2 Å². The Kier molecular flexibility index (Phi) is 3.38. The van der Waals surface area contributed by atoms with Crippen LogP contribution in [0.1, 0.15) is 11.4 Å². The number of benzene rings is 1. The Morgan fingerprint density at radius 2 is 2.29 bits per heavy atom. The second-order valence-corrected chi connectivity index (χ2v) is 4.90. The van der Waals surface area contributed by atoms with Crippen molar-refractivity contribution in [2.75, 3.05) is 5.75 Å². The number of hydrogen-bond acceptors (Lipinski definition) is 3. The molecule has 0 spiro atoms. The van der Waals surface area contributed by atoms with Crippen LogP contribution in [-0.4, -0.2) is 26.4 Å². The van der Waals surface area contributed by atoms with Crippen molar-refractivity contribution in [2.24, 2.45) is 7.05 Å². The number of fused-ring (bicyclic) bond motifs is 1. The lowest BCUT2D eigenvalue weighted by atomic mass is 10.2. The van der Waals surface area contributed by atoms with E-state index >= 15 is 0 Å². The van der Waals surface area contributed by atoms with Gasteiger partial charge in [-0.15, -0.1) is 11.8 Å². The second-order valence-electron chi connectivity index (χ2n) is 3.92. The van der Waals surface area contributed by atoms with E-state index in [1.165, 1.54) is 17.3 Å². The number of nitrogens with zero attached hydrogens (tertiary/aromatic N) is 2. The van der Waals surface area contributed by atoms with Crippen molar-refractivity contribution >= 4 is 28.8 Å². The number of carboxylic acid groups (broad SMARTS) is 1. The molecule has 1 N–H and O–H groups in total. The number of hydrogen-bond donors (Lipinski definition) is 1. The molecule has 0 aliphatic carbocycles. The summed E-state index contributed by atoms with van der Waals surface area (Å²) in [5.41, 5.74) is 3.28. The van der Waals surface area contributed by atoms with Gasteiger partial charge in [0.1, 0.15) is 5.82 Å². The van der Waals surface area contributed by atoms with E-state index in [2.05, 4.69) is 18.0 Å². The second kappa shape index (κ2) is 4.79. The molecular weight excluding hydrogens is 236 g/mol. The van der Waals surface area contributed by atoms with Crippen LogP contribution in [0.25, 0.3) is 11.0 Å². The lowest BCUT2D eigenvalue weighted by molar-refractivity contribution is -0.133. The van der Waals surface area contributed by atoms with E-state index < -0.39 is 5.97 Å². The number of imidazole rings is 1. The highest BCUT2D eigenvalue weighted by Gasteiger charge is 2.09. The van der Waals surface area contributed by atoms with Crippen LogP contribution >= 0.6 is 11.8 Å². The lowest BCUT2D eigenvalue weighted by Crippen LogP contribution is -2.01. The third kappa shape index (κ3) is 2.44. The molecule has 0 radical (unpaired) electrons. The third-order valence-corrected chi connectivity index (χ3v) is 3.56. The van der Waals surface area contributed by atoms with E-state index in [0.717, 1.165) is 16.9 Å². The van der Waals surface area contributed by atoms with Crippen molar-refractivity contribution in [3.63, 3.8) is 0 Å². The highest BCUT2D eigenvalue weighted by molar-refractivity contribution is 7.99. The Hall–Kier alpha value is -1.49. The highest BCUT2D eigenvalue weighted by atomic mass is 32.2. The van der Waals surface area contributed by atoms with Gasteiger partial charge in [0.05, 0.1) is 22.5 Å².